The van der Waals surface area contributed by atoms with Gasteiger partial charge in [0.15, 0.2) is 0 Å². The molecule has 0 spiro atoms. The van der Waals surface area contributed by atoms with E-state index in [0.29, 0.717) is 28.3 Å². The van der Waals surface area contributed by atoms with Crippen molar-refractivity contribution in [3.8, 4) is 11.5 Å². The summed E-state index contributed by atoms with van der Waals surface area (Å²) in [5.41, 5.74) is 2.50. The van der Waals surface area contributed by atoms with Crippen LogP contribution in [0.4, 0.5) is 11.4 Å². The molecule has 2 heterocycles. The van der Waals surface area contributed by atoms with E-state index in [1.165, 1.54) is 0 Å². The van der Waals surface area contributed by atoms with Crippen LogP contribution in [0, 0.1) is 0 Å². The normalized spacial score (nSPS) is 18.2. The monoisotopic (exact) mass is 409 g/mol. The Hall–Kier alpha value is -3.22. The second kappa shape index (κ2) is 8.26. The molecule has 2 aliphatic heterocycles. The van der Waals surface area contributed by atoms with Crippen molar-refractivity contribution in [2.45, 2.75) is 31.8 Å². The fraction of sp³-hybridized carbons (Fsp3) is 0.391. The summed E-state index contributed by atoms with van der Waals surface area (Å²) in [6.45, 7) is 0.785. The van der Waals surface area contributed by atoms with E-state index < -0.39 is 0 Å². The minimum absolute atomic E-state index is 0.0486. The lowest BCUT2D eigenvalue weighted by molar-refractivity contribution is 0.0661. The highest BCUT2D eigenvalue weighted by Crippen LogP contribution is 2.35. The molecule has 0 saturated carbocycles. The summed E-state index contributed by atoms with van der Waals surface area (Å²) in [7, 11) is 5.12. The molecule has 7 heteroatoms. The molecule has 0 aliphatic carbocycles. The van der Waals surface area contributed by atoms with Crippen molar-refractivity contribution >= 4 is 23.2 Å². The number of benzene rings is 2. The lowest BCUT2D eigenvalue weighted by atomic mass is 10.0. The van der Waals surface area contributed by atoms with Crippen molar-refractivity contribution in [3.63, 3.8) is 0 Å². The third kappa shape index (κ3) is 3.56. The Bertz CT molecular complexity index is 975. The predicted molar refractivity (Wildman–Crippen MR) is 116 cm³/mol. The number of hydrogen-bond acceptors (Lipinski definition) is 5. The topological polar surface area (TPSA) is 71.1 Å². The van der Waals surface area contributed by atoms with Crippen LogP contribution in [0.2, 0.25) is 0 Å². The second-order valence-corrected chi connectivity index (χ2v) is 7.69. The summed E-state index contributed by atoms with van der Waals surface area (Å²) >= 11 is 0. The van der Waals surface area contributed by atoms with Crippen LogP contribution < -0.4 is 19.7 Å². The summed E-state index contributed by atoms with van der Waals surface area (Å²) in [4.78, 5) is 30.1. The van der Waals surface area contributed by atoms with Crippen LogP contribution in [0.3, 0.4) is 0 Å². The SMILES string of the molecule is COc1ccc(NC(=O)c2ccc3c(c2)N(C)[C@@H]2CCCCCN2C3=O)c(OC)c1. The van der Waals surface area contributed by atoms with E-state index in [-0.39, 0.29) is 18.0 Å². The summed E-state index contributed by atoms with van der Waals surface area (Å²) < 4.78 is 10.6. The third-order valence-corrected chi connectivity index (χ3v) is 5.96. The maximum atomic E-state index is 13.0. The van der Waals surface area contributed by atoms with Gasteiger partial charge in [0, 0.05) is 25.2 Å². The highest BCUT2D eigenvalue weighted by molar-refractivity contribution is 6.08. The average Bonchev–Trinajstić information content (AvgIpc) is 3.04. The van der Waals surface area contributed by atoms with Gasteiger partial charge in [-0.05, 0) is 49.6 Å². The number of fused-ring (bicyclic) bond motifs is 2. The molecule has 7 nitrogen and oxygen atoms in total. The molecule has 0 radical (unpaired) electrons. The predicted octanol–water partition coefficient (Wildman–Crippen LogP) is 3.75. The Morgan fingerprint density at radius 2 is 1.90 bits per heavy atom. The summed E-state index contributed by atoms with van der Waals surface area (Å²) in [6.07, 6.45) is 4.27. The first-order valence-corrected chi connectivity index (χ1v) is 10.2. The molecule has 1 saturated heterocycles. The summed E-state index contributed by atoms with van der Waals surface area (Å²) in [6, 6.07) is 10.5. The van der Waals surface area contributed by atoms with Gasteiger partial charge in [0.2, 0.25) is 0 Å². The van der Waals surface area contributed by atoms with E-state index in [1.807, 2.05) is 11.9 Å². The lowest BCUT2D eigenvalue weighted by Gasteiger charge is -2.43. The number of methoxy groups -OCH3 is 2. The Kier molecular flexibility index (Phi) is 5.53. The van der Waals surface area contributed by atoms with Gasteiger partial charge in [-0.2, -0.15) is 0 Å². The van der Waals surface area contributed by atoms with E-state index in [2.05, 4.69) is 10.2 Å². The minimum atomic E-state index is -0.259. The molecule has 2 amide bonds. The van der Waals surface area contributed by atoms with E-state index in [4.69, 9.17) is 9.47 Å². The molecule has 2 aromatic rings. The molecule has 1 fully saturated rings. The quantitative estimate of drug-likeness (QED) is 0.833. The number of rotatable bonds is 4. The van der Waals surface area contributed by atoms with Crippen LogP contribution >= 0.6 is 0 Å². The van der Waals surface area contributed by atoms with E-state index in [1.54, 1.807) is 50.6 Å². The number of ether oxygens (including phenoxy) is 2. The zero-order valence-electron chi connectivity index (χ0n) is 17.6. The summed E-state index contributed by atoms with van der Waals surface area (Å²) in [5, 5.41) is 2.89. The second-order valence-electron chi connectivity index (χ2n) is 7.69. The van der Waals surface area contributed by atoms with Crippen molar-refractivity contribution < 1.29 is 19.1 Å². The van der Waals surface area contributed by atoms with Gasteiger partial charge in [-0.15, -0.1) is 0 Å². The molecular formula is C23H27N3O4. The first-order valence-electron chi connectivity index (χ1n) is 10.2. The molecule has 1 atom stereocenters. The van der Waals surface area contributed by atoms with E-state index in [9.17, 15) is 9.59 Å². The molecule has 0 aromatic heterocycles. The van der Waals surface area contributed by atoms with Crippen molar-refractivity contribution in [2.24, 2.45) is 0 Å². The maximum Gasteiger partial charge on any atom is 0.257 e. The molecule has 4 rings (SSSR count). The van der Waals surface area contributed by atoms with Crippen LogP contribution in [0.1, 0.15) is 46.4 Å². The summed E-state index contributed by atoms with van der Waals surface area (Å²) in [5.74, 6) is 0.956. The van der Waals surface area contributed by atoms with Crippen molar-refractivity contribution in [1.82, 2.24) is 4.90 Å². The number of hydrogen-bond donors (Lipinski definition) is 1. The molecule has 0 unspecified atom stereocenters. The van der Waals surface area contributed by atoms with Crippen molar-refractivity contribution in [1.29, 1.82) is 0 Å². The highest BCUT2D eigenvalue weighted by Gasteiger charge is 2.36. The Morgan fingerprint density at radius 1 is 1.07 bits per heavy atom. The van der Waals surface area contributed by atoms with Crippen LogP contribution in [0.25, 0.3) is 0 Å². The number of nitrogens with zero attached hydrogens (tertiary/aromatic N) is 2. The van der Waals surface area contributed by atoms with Gasteiger partial charge in [-0.3, -0.25) is 9.59 Å². The van der Waals surface area contributed by atoms with Gasteiger partial charge in [0.25, 0.3) is 11.8 Å². The van der Waals surface area contributed by atoms with Crippen LogP contribution in [-0.2, 0) is 0 Å². The van der Waals surface area contributed by atoms with Gasteiger partial charge >= 0.3 is 0 Å². The minimum Gasteiger partial charge on any atom is -0.497 e. The molecular weight excluding hydrogens is 382 g/mol. The fourth-order valence-electron chi connectivity index (χ4n) is 4.29. The van der Waals surface area contributed by atoms with Crippen LogP contribution in [0.15, 0.2) is 36.4 Å². The Labute approximate surface area is 176 Å². The van der Waals surface area contributed by atoms with Crippen LogP contribution in [-0.4, -0.2) is 50.7 Å². The number of carbonyl (C=O) groups is 2. The van der Waals surface area contributed by atoms with E-state index >= 15 is 0 Å². The smallest absolute Gasteiger partial charge is 0.257 e. The fourth-order valence-corrected chi connectivity index (χ4v) is 4.29. The first kappa shape index (κ1) is 20.1. The molecule has 1 N–H and O–H groups in total. The first-order chi connectivity index (χ1) is 14.5. The number of nitrogens with one attached hydrogen (secondary N) is 1. The van der Waals surface area contributed by atoms with Crippen molar-refractivity contribution in [3.05, 3.63) is 47.5 Å². The maximum absolute atomic E-state index is 13.0. The van der Waals surface area contributed by atoms with Crippen LogP contribution in [0.5, 0.6) is 11.5 Å². The van der Waals surface area contributed by atoms with Crippen molar-refractivity contribution in [2.75, 3.05) is 38.0 Å². The average molecular weight is 409 g/mol. The van der Waals surface area contributed by atoms with Gasteiger partial charge in [-0.25, -0.2) is 0 Å². The molecule has 158 valence electrons. The van der Waals surface area contributed by atoms with E-state index in [0.717, 1.165) is 37.9 Å². The Balaban J connectivity index is 1.62. The third-order valence-electron chi connectivity index (χ3n) is 5.96. The molecule has 2 aliphatic rings. The van der Waals surface area contributed by atoms with Gasteiger partial charge in [-0.1, -0.05) is 6.42 Å². The van der Waals surface area contributed by atoms with Gasteiger partial charge < -0.3 is 24.6 Å². The highest BCUT2D eigenvalue weighted by atomic mass is 16.5. The standard InChI is InChI=1S/C23H27N3O4/c1-25-19-13-15(22(27)24-18-11-9-16(29-2)14-20(18)30-3)8-10-17(19)23(28)26-12-6-4-5-7-21(25)26/h8-11,13-14,21H,4-7,12H2,1-3H3,(H,24,27)/t21-/m0/s1. The number of amides is 2. The number of carbonyl (C=O) groups excluding carboxylic acids is 2. The molecule has 30 heavy (non-hydrogen) atoms. The molecule has 0 bridgehead atoms. The van der Waals surface area contributed by atoms with Gasteiger partial charge in [0.1, 0.15) is 17.7 Å². The van der Waals surface area contributed by atoms with Gasteiger partial charge in [0.05, 0.1) is 31.2 Å². The molecule has 2 aromatic carbocycles. The zero-order valence-corrected chi connectivity index (χ0v) is 17.6. The Morgan fingerprint density at radius 3 is 2.67 bits per heavy atom. The largest absolute Gasteiger partial charge is 0.497 e. The zero-order chi connectivity index (χ0) is 21.3. The number of anilines is 2. The lowest BCUT2D eigenvalue weighted by Crippen LogP contribution is -2.53.